The number of benzene rings is 1. The van der Waals surface area contributed by atoms with Crippen molar-refractivity contribution < 1.29 is 9.53 Å². The highest BCUT2D eigenvalue weighted by molar-refractivity contribution is 5.96. The van der Waals surface area contributed by atoms with E-state index in [-0.39, 0.29) is 11.9 Å². The first kappa shape index (κ1) is 12.7. The topological polar surface area (TPSA) is 67.0 Å². The summed E-state index contributed by atoms with van der Waals surface area (Å²) < 4.78 is 5.60. The number of aromatic nitrogens is 2. The molecule has 5 nitrogen and oxygen atoms in total. The number of ether oxygens (including phenoxy) is 1. The summed E-state index contributed by atoms with van der Waals surface area (Å²) in [6.07, 6.45) is 0.776. The van der Waals surface area contributed by atoms with Crippen LogP contribution in [0.15, 0.2) is 24.3 Å². The smallest absolute Gasteiger partial charge is 0.255 e. The summed E-state index contributed by atoms with van der Waals surface area (Å²) in [6, 6.07) is 7.81. The molecule has 3 rings (SSSR count). The van der Waals surface area contributed by atoms with Gasteiger partial charge >= 0.3 is 0 Å². The van der Waals surface area contributed by atoms with Crippen molar-refractivity contribution in [1.29, 1.82) is 0 Å². The Labute approximate surface area is 117 Å². The third-order valence-corrected chi connectivity index (χ3v) is 3.62. The number of hydrogen-bond acceptors (Lipinski definition) is 3. The van der Waals surface area contributed by atoms with Crippen molar-refractivity contribution in [2.75, 3.05) is 6.61 Å². The van der Waals surface area contributed by atoms with Crippen LogP contribution in [0.5, 0.6) is 5.75 Å². The Kier molecular flexibility index (Phi) is 3.18. The van der Waals surface area contributed by atoms with E-state index in [0.29, 0.717) is 12.2 Å². The highest BCUT2D eigenvalue weighted by Gasteiger charge is 2.24. The van der Waals surface area contributed by atoms with Crippen LogP contribution in [-0.4, -0.2) is 22.7 Å². The molecule has 0 bridgehead atoms. The lowest BCUT2D eigenvalue weighted by molar-refractivity contribution is 0.0923. The van der Waals surface area contributed by atoms with Gasteiger partial charge in [-0.15, -0.1) is 0 Å². The second-order valence-corrected chi connectivity index (χ2v) is 5.01. The Morgan fingerprint density at radius 1 is 1.40 bits per heavy atom. The van der Waals surface area contributed by atoms with E-state index in [1.807, 2.05) is 38.1 Å². The molecular formula is C15H17N3O2. The molecule has 1 unspecified atom stereocenters. The molecule has 0 spiro atoms. The van der Waals surface area contributed by atoms with Gasteiger partial charge in [0.15, 0.2) is 0 Å². The maximum Gasteiger partial charge on any atom is 0.255 e. The molecule has 0 saturated heterocycles. The maximum atomic E-state index is 12.4. The van der Waals surface area contributed by atoms with Gasteiger partial charge in [0.1, 0.15) is 5.75 Å². The average Bonchev–Trinajstić information content (AvgIpc) is 2.78. The first-order valence-corrected chi connectivity index (χ1v) is 6.71. The zero-order chi connectivity index (χ0) is 14.1. The molecule has 20 heavy (non-hydrogen) atoms. The number of nitrogens with zero attached hydrogens (tertiary/aromatic N) is 1. The van der Waals surface area contributed by atoms with Crippen LogP contribution < -0.4 is 10.1 Å². The molecule has 0 fully saturated rings. The van der Waals surface area contributed by atoms with Gasteiger partial charge in [0.2, 0.25) is 0 Å². The van der Waals surface area contributed by atoms with Gasteiger partial charge in [-0.3, -0.25) is 9.89 Å². The van der Waals surface area contributed by atoms with E-state index in [1.165, 1.54) is 0 Å². The summed E-state index contributed by atoms with van der Waals surface area (Å²) in [6.45, 7) is 4.30. The van der Waals surface area contributed by atoms with E-state index in [9.17, 15) is 4.79 Å². The quantitative estimate of drug-likeness (QED) is 0.880. The molecule has 1 aromatic heterocycles. The van der Waals surface area contributed by atoms with Gasteiger partial charge in [-0.2, -0.15) is 5.10 Å². The van der Waals surface area contributed by atoms with E-state index >= 15 is 0 Å². The van der Waals surface area contributed by atoms with Crippen molar-refractivity contribution in [2.45, 2.75) is 26.3 Å². The Morgan fingerprint density at radius 3 is 2.95 bits per heavy atom. The molecule has 0 aliphatic carbocycles. The predicted octanol–water partition coefficient (Wildman–Crippen LogP) is 2.28. The molecule has 104 valence electrons. The molecule has 2 N–H and O–H groups in total. The van der Waals surface area contributed by atoms with Crippen molar-refractivity contribution in [3.8, 4) is 5.75 Å². The number of carbonyl (C=O) groups excluding carboxylic acids is 1. The van der Waals surface area contributed by atoms with Crippen molar-refractivity contribution in [3.63, 3.8) is 0 Å². The van der Waals surface area contributed by atoms with Gasteiger partial charge in [-0.05, 0) is 19.9 Å². The van der Waals surface area contributed by atoms with E-state index in [4.69, 9.17) is 4.74 Å². The number of carbonyl (C=O) groups is 1. The first-order valence-electron chi connectivity index (χ1n) is 6.71. The van der Waals surface area contributed by atoms with Crippen LogP contribution in [0, 0.1) is 13.8 Å². The van der Waals surface area contributed by atoms with Crippen LogP contribution in [0.25, 0.3) is 0 Å². The van der Waals surface area contributed by atoms with E-state index in [2.05, 4.69) is 15.5 Å². The summed E-state index contributed by atoms with van der Waals surface area (Å²) in [5.74, 6) is 0.764. The minimum atomic E-state index is -0.0875. The predicted molar refractivity (Wildman–Crippen MR) is 74.8 cm³/mol. The lowest BCUT2D eigenvalue weighted by atomic mass is 10.00. The van der Waals surface area contributed by atoms with Gasteiger partial charge in [0, 0.05) is 17.7 Å². The van der Waals surface area contributed by atoms with E-state index < -0.39 is 0 Å². The number of rotatable bonds is 2. The number of para-hydroxylation sites is 1. The van der Waals surface area contributed by atoms with Crippen LogP contribution >= 0.6 is 0 Å². The summed E-state index contributed by atoms with van der Waals surface area (Å²) in [7, 11) is 0. The Bertz CT molecular complexity index is 629. The highest BCUT2D eigenvalue weighted by atomic mass is 16.5. The summed E-state index contributed by atoms with van der Waals surface area (Å²) >= 11 is 0. The summed E-state index contributed by atoms with van der Waals surface area (Å²) in [4.78, 5) is 12.4. The van der Waals surface area contributed by atoms with Crippen molar-refractivity contribution >= 4 is 5.91 Å². The Morgan fingerprint density at radius 2 is 2.20 bits per heavy atom. The molecule has 1 amide bonds. The number of amides is 1. The van der Waals surface area contributed by atoms with E-state index in [0.717, 1.165) is 29.1 Å². The number of aryl methyl sites for hydroxylation is 2. The SMILES string of the molecule is Cc1n[nH]c(C)c1C(=O)NC1CCOc2ccccc21. The number of hydrogen-bond donors (Lipinski definition) is 2. The molecule has 0 radical (unpaired) electrons. The number of nitrogens with one attached hydrogen (secondary N) is 2. The van der Waals surface area contributed by atoms with Gasteiger partial charge in [-0.1, -0.05) is 18.2 Å². The largest absolute Gasteiger partial charge is 0.493 e. The summed E-state index contributed by atoms with van der Waals surface area (Å²) in [5.41, 5.74) is 3.18. The van der Waals surface area contributed by atoms with Crippen molar-refractivity contribution in [2.24, 2.45) is 0 Å². The molecule has 2 aromatic rings. The van der Waals surface area contributed by atoms with Crippen LogP contribution in [-0.2, 0) is 0 Å². The Hall–Kier alpha value is -2.30. The standard InChI is InChI=1S/C15H17N3O2/c1-9-14(10(2)18-17-9)15(19)16-12-7-8-20-13-6-4-3-5-11(12)13/h3-6,12H,7-8H2,1-2H3,(H,16,19)(H,17,18). The molecule has 5 heteroatoms. The van der Waals surface area contributed by atoms with E-state index in [1.54, 1.807) is 0 Å². The van der Waals surface area contributed by atoms with Crippen LogP contribution in [0.4, 0.5) is 0 Å². The van der Waals surface area contributed by atoms with Crippen molar-refractivity contribution in [3.05, 3.63) is 46.8 Å². The molecule has 1 aliphatic heterocycles. The minimum absolute atomic E-state index is 0.0128. The summed E-state index contributed by atoms with van der Waals surface area (Å²) in [5, 5.41) is 9.98. The zero-order valence-corrected chi connectivity index (χ0v) is 11.6. The van der Waals surface area contributed by atoms with Gasteiger partial charge in [-0.25, -0.2) is 0 Å². The minimum Gasteiger partial charge on any atom is -0.493 e. The number of aromatic amines is 1. The number of H-pyrrole nitrogens is 1. The lowest BCUT2D eigenvalue weighted by Crippen LogP contribution is -2.32. The fourth-order valence-corrected chi connectivity index (χ4v) is 2.61. The fraction of sp³-hybridized carbons (Fsp3) is 0.333. The monoisotopic (exact) mass is 271 g/mol. The molecule has 0 saturated carbocycles. The first-order chi connectivity index (χ1) is 9.66. The normalized spacial score (nSPS) is 17.2. The zero-order valence-electron chi connectivity index (χ0n) is 11.6. The third kappa shape index (κ3) is 2.15. The second-order valence-electron chi connectivity index (χ2n) is 5.01. The molecule has 1 aliphatic rings. The Balaban J connectivity index is 1.84. The second kappa shape index (κ2) is 5.00. The van der Waals surface area contributed by atoms with Gasteiger partial charge < -0.3 is 10.1 Å². The van der Waals surface area contributed by atoms with Crippen LogP contribution in [0.2, 0.25) is 0 Å². The number of fused-ring (bicyclic) bond motifs is 1. The van der Waals surface area contributed by atoms with Gasteiger partial charge in [0.05, 0.1) is 23.9 Å². The van der Waals surface area contributed by atoms with Gasteiger partial charge in [0.25, 0.3) is 5.91 Å². The average molecular weight is 271 g/mol. The molecule has 2 heterocycles. The highest BCUT2D eigenvalue weighted by Crippen LogP contribution is 2.31. The molecule has 1 aromatic carbocycles. The van der Waals surface area contributed by atoms with Crippen molar-refractivity contribution in [1.82, 2.24) is 15.5 Å². The molecule has 1 atom stereocenters. The third-order valence-electron chi connectivity index (χ3n) is 3.62. The van der Waals surface area contributed by atoms with Crippen LogP contribution in [0.1, 0.15) is 39.8 Å². The maximum absolute atomic E-state index is 12.4. The lowest BCUT2D eigenvalue weighted by Gasteiger charge is -2.26. The molecular weight excluding hydrogens is 254 g/mol. The fourth-order valence-electron chi connectivity index (χ4n) is 2.61. The van der Waals surface area contributed by atoms with Crippen LogP contribution in [0.3, 0.4) is 0 Å².